The molecule has 29 heavy (non-hydrogen) atoms. The van der Waals surface area contributed by atoms with Gasteiger partial charge in [0.1, 0.15) is 24.7 Å². The smallest absolute Gasteiger partial charge is 0.433 e. The minimum atomic E-state index is -0.872. The molecule has 1 fully saturated rings. The molecule has 0 saturated carbocycles. The van der Waals surface area contributed by atoms with Crippen LogP contribution in [0.5, 0.6) is 11.5 Å². The van der Waals surface area contributed by atoms with E-state index in [9.17, 15) is 14.4 Å². The fourth-order valence-electron chi connectivity index (χ4n) is 2.86. The van der Waals surface area contributed by atoms with E-state index < -0.39 is 17.7 Å². The minimum Gasteiger partial charge on any atom is -0.433 e. The third-order valence-electron chi connectivity index (χ3n) is 4.38. The van der Waals surface area contributed by atoms with E-state index in [0.717, 1.165) is 0 Å². The molecule has 0 aromatic heterocycles. The number of hydrogen-bond donors (Lipinski definition) is 0. The van der Waals surface area contributed by atoms with Crippen LogP contribution in [0.3, 0.4) is 0 Å². The Balaban J connectivity index is 1.52. The van der Waals surface area contributed by atoms with Gasteiger partial charge in [-0.3, -0.25) is 4.79 Å². The molecule has 3 rings (SSSR count). The highest BCUT2D eigenvalue weighted by Crippen LogP contribution is 2.32. The van der Waals surface area contributed by atoms with Gasteiger partial charge >= 0.3 is 12.3 Å². The summed E-state index contributed by atoms with van der Waals surface area (Å²) >= 11 is 0. The molecule has 0 radical (unpaired) electrons. The molecule has 0 N–H and O–H groups in total. The highest BCUT2D eigenvalue weighted by Gasteiger charge is 2.47. The average molecular weight is 399 g/mol. The van der Waals surface area contributed by atoms with E-state index in [0.29, 0.717) is 24.6 Å². The summed E-state index contributed by atoms with van der Waals surface area (Å²) in [6.45, 7) is 1.89. The van der Waals surface area contributed by atoms with Gasteiger partial charge in [-0.05, 0) is 24.3 Å². The van der Waals surface area contributed by atoms with Crippen LogP contribution in [-0.2, 0) is 14.3 Å². The number of rotatable bonds is 6. The van der Waals surface area contributed by atoms with Gasteiger partial charge in [0, 0.05) is 20.0 Å². The SMILES string of the molecule is CC(=O)N1CC(COC(=O)Oc2ccccc2)(COC(=O)Oc2ccccc2)C1. The maximum absolute atomic E-state index is 11.9. The number of hydrogen-bond acceptors (Lipinski definition) is 7. The van der Waals surface area contributed by atoms with Gasteiger partial charge in [-0.2, -0.15) is 0 Å². The quantitative estimate of drug-likeness (QED) is 0.544. The van der Waals surface area contributed by atoms with Crippen LogP contribution >= 0.6 is 0 Å². The molecule has 1 heterocycles. The molecule has 1 aliphatic rings. The Morgan fingerprint density at radius 2 is 1.21 bits per heavy atom. The van der Waals surface area contributed by atoms with Crippen LogP contribution in [0, 0.1) is 5.41 Å². The van der Waals surface area contributed by atoms with Crippen LogP contribution in [0.25, 0.3) is 0 Å². The minimum absolute atomic E-state index is 0.0684. The highest BCUT2D eigenvalue weighted by atomic mass is 16.7. The first-order chi connectivity index (χ1) is 14.0. The summed E-state index contributed by atoms with van der Waals surface area (Å²) in [6.07, 6.45) is -1.74. The number of nitrogens with zero attached hydrogens (tertiary/aromatic N) is 1. The van der Waals surface area contributed by atoms with Gasteiger partial charge in [-0.25, -0.2) is 9.59 Å². The van der Waals surface area contributed by atoms with Crippen LogP contribution in [0.15, 0.2) is 60.7 Å². The molecule has 0 atom stereocenters. The molecule has 1 aliphatic heterocycles. The predicted molar refractivity (Wildman–Crippen MR) is 102 cm³/mol. The van der Waals surface area contributed by atoms with Crippen molar-refractivity contribution in [1.29, 1.82) is 0 Å². The second kappa shape index (κ2) is 9.09. The molecular weight excluding hydrogens is 378 g/mol. The molecule has 8 heteroatoms. The van der Waals surface area contributed by atoms with Crippen LogP contribution in [0.4, 0.5) is 9.59 Å². The van der Waals surface area contributed by atoms with Gasteiger partial charge in [0.05, 0.1) is 5.41 Å². The first kappa shape index (κ1) is 20.2. The number of benzene rings is 2. The van der Waals surface area contributed by atoms with Gasteiger partial charge in [0.15, 0.2) is 0 Å². The molecule has 152 valence electrons. The molecule has 2 aromatic rings. The topological polar surface area (TPSA) is 91.4 Å². The number of amides is 1. The number of para-hydroxylation sites is 2. The number of likely N-dealkylation sites (tertiary alicyclic amines) is 1. The Labute approximate surface area is 167 Å². The van der Waals surface area contributed by atoms with Crippen molar-refractivity contribution in [3.05, 3.63) is 60.7 Å². The summed E-state index contributed by atoms with van der Waals surface area (Å²) in [5.74, 6) is 0.598. The predicted octanol–water partition coefficient (Wildman–Crippen LogP) is 3.27. The monoisotopic (exact) mass is 399 g/mol. The van der Waals surface area contributed by atoms with Gasteiger partial charge in [-0.1, -0.05) is 36.4 Å². The first-order valence-electron chi connectivity index (χ1n) is 9.01. The van der Waals surface area contributed by atoms with Crippen LogP contribution in [-0.4, -0.2) is 49.4 Å². The fourth-order valence-corrected chi connectivity index (χ4v) is 2.86. The second-order valence-corrected chi connectivity index (χ2v) is 6.78. The van der Waals surface area contributed by atoms with Gasteiger partial charge in [0.2, 0.25) is 5.91 Å². The molecule has 2 aromatic carbocycles. The molecule has 1 saturated heterocycles. The molecule has 0 aliphatic carbocycles. The number of ether oxygens (including phenoxy) is 4. The summed E-state index contributed by atoms with van der Waals surface area (Å²) < 4.78 is 20.6. The normalized spacial score (nSPS) is 14.3. The lowest BCUT2D eigenvalue weighted by Crippen LogP contribution is -2.62. The molecular formula is C21H21NO7. The van der Waals surface area contributed by atoms with Crippen molar-refractivity contribution in [3.8, 4) is 11.5 Å². The zero-order valence-electron chi connectivity index (χ0n) is 15.9. The van der Waals surface area contributed by atoms with Crippen molar-refractivity contribution < 1.29 is 33.3 Å². The first-order valence-corrected chi connectivity index (χ1v) is 9.01. The zero-order valence-corrected chi connectivity index (χ0v) is 15.9. The van der Waals surface area contributed by atoms with Crippen molar-refractivity contribution >= 4 is 18.2 Å². The van der Waals surface area contributed by atoms with E-state index in [1.165, 1.54) is 6.92 Å². The van der Waals surface area contributed by atoms with Crippen molar-refractivity contribution in [2.24, 2.45) is 5.41 Å². The van der Waals surface area contributed by atoms with Gasteiger partial charge in [0.25, 0.3) is 0 Å². The van der Waals surface area contributed by atoms with Crippen molar-refractivity contribution in [2.45, 2.75) is 6.92 Å². The Hall–Kier alpha value is -3.55. The van der Waals surface area contributed by atoms with Crippen molar-refractivity contribution in [2.75, 3.05) is 26.3 Å². The third kappa shape index (κ3) is 5.71. The van der Waals surface area contributed by atoms with E-state index in [4.69, 9.17) is 18.9 Å². The zero-order chi connectivity index (χ0) is 20.7. The number of carbonyl (C=O) groups excluding carboxylic acids is 3. The summed E-state index contributed by atoms with van der Waals surface area (Å²) in [7, 11) is 0. The summed E-state index contributed by atoms with van der Waals surface area (Å²) in [6, 6.07) is 17.0. The highest BCUT2D eigenvalue weighted by molar-refractivity contribution is 5.74. The summed E-state index contributed by atoms with van der Waals surface area (Å²) in [4.78, 5) is 37.0. The largest absolute Gasteiger partial charge is 0.513 e. The molecule has 1 amide bonds. The Morgan fingerprint density at radius 3 is 1.59 bits per heavy atom. The lowest BCUT2D eigenvalue weighted by molar-refractivity contribution is -0.148. The number of carbonyl (C=O) groups is 3. The Morgan fingerprint density at radius 1 is 0.793 bits per heavy atom. The third-order valence-corrected chi connectivity index (χ3v) is 4.38. The fraction of sp³-hybridized carbons (Fsp3) is 0.286. The van der Waals surface area contributed by atoms with E-state index in [1.54, 1.807) is 65.6 Å². The standard InChI is InChI=1S/C21H21NO7/c1-16(23)22-12-21(13-22,14-26-19(24)28-17-8-4-2-5-9-17)15-27-20(25)29-18-10-6-3-7-11-18/h2-11H,12-15H2,1H3. The molecule has 0 unspecified atom stereocenters. The van der Waals surface area contributed by atoms with E-state index in [2.05, 4.69) is 0 Å². The maximum Gasteiger partial charge on any atom is 0.513 e. The second-order valence-electron chi connectivity index (χ2n) is 6.78. The Kier molecular flexibility index (Phi) is 6.33. The van der Waals surface area contributed by atoms with Crippen molar-refractivity contribution in [3.63, 3.8) is 0 Å². The molecule has 8 nitrogen and oxygen atoms in total. The lowest BCUT2D eigenvalue weighted by atomic mass is 9.81. The van der Waals surface area contributed by atoms with Crippen LogP contribution in [0.2, 0.25) is 0 Å². The van der Waals surface area contributed by atoms with E-state index >= 15 is 0 Å². The van der Waals surface area contributed by atoms with Crippen molar-refractivity contribution in [1.82, 2.24) is 4.90 Å². The summed E-state index contributed by atoms with van der Waals surface area (Å²) in [5, 5.41) is 0. The van der Waals surface area contributed by atoms with E-state index in [1.807, 2.05) is 0 Å². The van der Waals surface area contributed by atoms with Crippen LogP contribution in [0.1, 0.15) is 6.92 Å². The van der Waals surface area contributed by atoms with Crippen LogP contribution < -0.4 is 9.47 Å². The lowest BCUT2D eigenvalue weighted by Gasteiger charge is -2.48. The van der Waals surface area contributed by atoms with Gasteiger partial charge in [-0.15, -0.1) is 0 Å². The maximum atomic E-state index is 11.9. The van der Waals surface area contributed by atoms with Gasteiger partial charge < -0.3 is 23.8 Å². The summed E-state index contributed by atoms with van der Waals surface area (Å²) in [5.41, 5.74) is -0.711. The Bertz CT molecular complexity index is 788. The average Bonchev–Trinajstić information content (AvgIpc) is 2.68. The molecule has 0 spiro atoms. The van der Waals surface area contributed by atoms with E-state index in [-0.39, 0.29) is 19.1 Å². The molecule has 0 bridgehead atoms.